The Bertz CT molecular complexity index is 943. The van der Waals surface area contributed by atoms with E-state index in [1.807, 2.05) is 12.1 Å². The van der Waals surface area contributed by atoms with E-state index in [-0.39, 0.29) is 11.5 Å². The molecule has 2 N–H and O–H groups in total. The summed E-state index contributed by atoms with van der Waals surface area (Å²) < 4.78 is 11.0. The zero-order valence-corrected chi connectivity index (χ0v) is 13.5. The van der Waals surface area contributed by atoms with Crippen LogP contribution in [-0.2, 0) is 12.8 Å². The predicted molar refractivity (Wildman–Crippen MR) is 91.5 cm³/mol. The minimum Gasteiger partial charge on any atom is -0.496 e. The van der Waals surface area contributed by atoms with Gasteiger partial charge in [-0.2, -0.15) is 0 Å². The van der Waals surface area contributed by atoms with Crippen molar-refractivity contribution in [3.05, 3.63) is 52.9 Å². The molecule has 3 aromatic rings. The highest BCUT2D eigenvalue weighted by Crippen LogP contribution is 2.33. The van der Waals surface area contributed by atoms with Crippen molar-refractivity contribution in [3.63, 3.8) is 0 Å². The minimum absolute atomic E-state index is 0.129. The van der Waals surface area contributed by atoms with Crippen LogP contribution in [0.2, 0.25) is 0 Å². The average molecular weight is 322 g/mol. The van der Waals surface area contributed by atoms with Gasteiger partial charge in [0.2, 0.25) is 17.3 Å². The molecular weight excluding hydrogens is 304 g/mol. The van der Waals surface area contributed by atoms with Crippen molar-refractivity contribution in [2.24, 2.45) is 0 Å². The van der Waals surface area contributed by atoms with Crippen molar-refractivity contribution in [2.75, 3.05) is 12.8 Å². The van der Waals surface area contributed by atoms with Crippen LogP contribution in [-0.4, -0.2) is 17.9 Å². The third-order valence-electron chi connectivity index (χ3n) is 4.56. The van der Waals surface area contributed by atoms with Gasteiger partial charge >= 0.3 is 0 Å². The van der Waals surface area contributed by atoms with E-state index in [9.17, 15) is 4.79 Å². The van der Waals surface area contributed by atoms with Crippen molar-refractivity contribution in [1.82, 2.24) is 4.98 Å². The van der Waals surface area contributed by atoms with Crippen LogP contribution in [0, 0.1) is 0 Å². The molecule has 0 unspecified atom stereocenters. The van der Waals surface area contributed by atoms with Gasteiger partial charge < -0.3 is 14.9 Å². The molecule has 0 bridgehead atoms. The van der Waals surface area contributed by atoms with Gasteiger partial charge in [-0.1, -0.05) is 12.1 Å². The second-order valence-corrected chi connectivity index (χ2v) is 6.03. The number of fused-ring (bicyclic) bond motifs is 2. The zero-order valence-electron chi connectivity index (χ0n) is 13.5. The smallest absolute Gasteiger partial charge is 0.234 e. The number of carbonyl (C=O) groups excluding carboxylic acids is 1. The van der Waals surface area contributed by atoms with Crippen LogP contribution >= 0.6 is 0 Å². The molecule has 0 atom stereocenters. The molecule has 0 aliphatic heterocycles. The first-order chi connectivity index (χ1) is 11.7. The molecule has 0 amide bonds. The van der Waals surface area contributed by atoms with Gasteiger partial charge in [-0.05, 0) is 49.4 Å². The maximum atomic E-state index is 12.9. The number of nitrogen functional groups attached to an aromatic ring is 1. The molecule has 0 radical (unpaired) electrons. The number of furan rings is 1. The van der Waals surface area contributed by atoms with Crippen LogP contribution in [0.3, 0.4) is 0 Å². The van der Waals surface area contributed by atoms with Crippen LogP contribution in [0.1, 0.15) is 40.2 Å². The van der Waals surface area contributed by atoms with Crippen LogP contribution in [0.25, 0.3) is 11.1 Å². The Hall–Kier alpha value is -2.82. The maximum absolute atomic E-state index is 12.9. The zero-order chi connectivity index (χ0) is 16.7. The van der Waals surface area contributed by atoms with Crippen molar-refractivity contribution >= 4 is 22.6 Å². The Morgan fingerprint density at radius 1 is 1.25 bits per heavy atom. The lowest BCUT2D eigenvalue weighted by Crippen LogP contribution is -2.05. The van der Waals surface area contributed by atoms with Gasteiger partial charge in [-0.15, -0.1) is 0 Å². The number of nitrogens with two attached hydrogens (primary N) is 1. The fourth-order valence-electron chi connectivity index (χ4n) is 3.28. The second-order valence-electron chi connectivity index (χ2n) is 6.03. The van der Waals surface area contributed by atoms with E-state index in [0.717, 1.165) is 31.4 Å². The number of rotatable bonds is 3. The first kappa shape index (κ1) is 14.8. The summed E-state index contributed by atoms with van der Waals surface area (Å²) in [5, 5.41) is 0.717. The monoisotopic (exact) mass is 322 g/mol. The van der Waals surface area contributed by atoms with Crippen LogP contribution in [0.4, 0.5) is 5.69 Å². The summed E-state index contributed by atoms with van der Waals surface area (Å²) in [6.45, 7) is 0. The molecular formula is C19H18N2O3. The van der Waals surface area contributed by atoms with Gasteiger partial charge in [0.25, 0.3) is 0 Å². The number of benzene rings is 1. The molecule has 4 rings (SSSR count). The lowest BCUT2D eigenvalue weighted by molar-refractivity contribution is 0.101. The highest BCUT2D eigenvalue weighted by molar-refractivity contribution is 6.15. The molecule has 0 saturated carbocycles. The second kappa shape index (κ2) is 5.67. The Balaban J connectivity index is 1.85. The van der Waals surface area contributed by atoms with E-state index in [4.69, 9.17) is 14.9 Å². The van der Waals surface area contributed by atoms with E-state index in [1.54, 1.807) is 18.2 Å². The number of hydrogen-bond acceptors (Lipinski definition) is 5. The lowest BCUT2D eigenvalue weighted by atomic mass is 9.95. The number of pyridine rings is 1. The standard InChI is InChI=1S/C19H18N2O3/c1-23-15-9-5-3-7-12(15)17(22)18-16(20)13-10-11-6-2-4-8-14(11)21-19(13)24-18/h3,5,7,9-10H,2,4,6,8,20H2,1H3. The minimum atomic E-state index is -0.291. The van der Waals surface area contributed by atoms with Crippen molar-refractivity contribution in [3.8, 4) is 5.75 Å². The summed E-state index contributed by atoms with van der Waals surface area (Å²) >= 11 is 0. The summed E-state index contributed by atoms with van der Waals surface area (Å²) in [5.74, 6) is 0.333. The number of nitrogens with zero attached hydrogens (tertiary/aromatic N) is 1. The molecule has 2 heterocycles. The molecule has 5 nitrogen and oxygen atoms in total. The highest BCUT2D eigenvalue weighted by atomic mass is 16.5. The number of ether oxygens (including phenoxy) is 1. The lowest BCUT2D eigenvalue weighted by Gasteiger charge is -2.13. The normalized spacial score (nSPS) is 13.7. The fraction of sp³-hybridized carbons (Fsp3) is 0.263. The molecule has 2 aromatic heterocycles. The predicted octanol–water partition coefficient (Wildman–Crippen LogP) is 3.53. The number of carbonyl (C=O) groups is 1. The largest absolute Gasteiger partial charge is 0.496 e. The molecule has 1 aliphatic rings. The van der Waals surface area contributed by atoms with E-state index >= 15 is 0 Å². The molecule has 0 saturated heterocycles. The van der Waals surface area contributed by atoms with Gasteiger partial charge in [0.15, 0.2) is 0 Å². The van der Waals surface area contributed by atoms with Crippen LogP contribution in [0.5, 0.6) is 5.75 Å². The Morgan fingerprint density at radius 3 is 2.88 bits per heavy atom. The van der Waals surface area contributed by atoms with Gasteiger partial charge in [-0.25, -0.2) is 4.98 Å². The summed E-state index contributed by atoms with van der Waals surface area (Å²) in [6, 6.07) is 9.06. The summed E-state index contributed by atoms with van der Waals surface area (Å²) in [6.07, 6.45) is 4.24. The molecule has 0 spiro atoms. The molecule has 1 aliphatic carbocycles. The van der Waals surface area contributed by atoms with Crippen LogP contribution < -0.4 is 10.5 Å². The van der Waals surface area contributed by atoms with E-state index in [0.29, 0.717) is 28.1 Å². The maximum Gasteiger partial charge on any atom is 0.234 e. The van der Waals surface area contributed by atoms with Crippen molar-refractivity contribution in [2.45, 2.75) is 25.7 Å². The number of ketones is 1. The average Bonchev–Trinajstić information content (AvgIpc) is 2.95. The Labute approximate surface area is 139 Å². The fourth-order valence-corrected chi connectivity index (χ4v) is 3.28. The number of para-hydroxylation sites is 1. The molecule has 1 aromatic carbocycles. The van der Waals surface area contributed by atoms with Crippen molar-refractivity contribution < 1.29 is 13.9 Å². The topological polar surface area (TPSA) is 78.3 Å². The third kappa shape index (κ3) is 2.24. The van der Waals surface area contributed by atoms with Gasteiger partial charge in [-0.3, -0.25) is 4.79 Å². The number of aromatic nitrogens is 1. The van der Waals surface area contributed by atoms with Crippen LogP contribution in [0.15, 0.2) is 34.7 Å². The first-order valence-corrected chi connectivity index (χ1v) is 8.07. The Morgan fingerprint density at radius 2 is 2.04 bits per heavy atom. The first-order valence-electron chi connectivity index (χ1n) is 8.07. The summed E-state index contributed by atoms with van der Waals surface area (Å²) in [5.41, 5.74) is 9.68. The Kier molecular flexibility index (Phi) is 3.49. The van der Waals surface area contributed by atoms with E-state index in [2.05, 4.69) is 4.98 Å². The number of anilines is 1. The quantitative estimate of drug-likeness (QED) is 0.746. The molecule has 5 heteroatoms. The van der Waals surface area contributed by atoms with E-state index < -0.39 is 0 Å². The number of hydrogen-bond donors (Lipinski definition) is 1. The number of methoxy groups -OCH3 is 1. The molecule has 122 valence electrons. The summed E-state index contributed by atoms with van der Waals surface area (Å²) in [7, 11) is 1.53. The van der Waals surface area contributed by atoms with E-state index in [1.165, 1.54) is 12.7 Å². The van der Waals surface area contributed by atoms with Crippen molar-refractivity contribution in [1.29, 1.82) is 0 Å². The van der Waals surface area contributed by atoms with Gasteiger partial charge in [0, 0.05) is 5.69 Å². The molecule has 24 heavy (non-hydrogen) atoms. The van der Waals surface area contributed by atoms with Gasteiger partial charge in [0.05, 0.1) is 23.7 Å². The highest BCUT2D eigenvalue weighted by Gasteiger charge is 2.24. The summed E-state index contributed by atoms with van der Waals surface area (Å²) in [4.78, 5) is 17.4. The SMILES string of the molecule is COc1ccccc1C(=O)c1oc2nc3c(cc2c1N)CCCC3. The van der Waals surface area contributed by atoms with Gasteiger partial charge in [0.1, 0.15) is 5.75 Å². The molecule has 0 fully saturated rings. The third-order valence-corrected chi connectivity index (χ3v) is 4.56. The number of aryl methyl sites for hydroxylation is 2.